The second kappa shape index (κ2) is 5.51. The number of carbonyl (C=O) groups excluding carboxylic acids is 2. The third-order valence-electron chi connectivity index (χ3n) is 8.99. The average Bonchev–Trinajstić information content (AvgIpc) is 2.87. The molecule has 2 N–H and O–H groups in total. The zero-order chi connectivity index (χ0) is 19.1. The number of hydrogen-bond donors (Lipinski definition) is 2. The van der Waals surface area contributed by atoms with Gasteiger partial charge in [-0.15, -0.1) is 0 Å². The third kappa shape index (κ3) is 2.15. The summed E-state index contributed by atoms with van der Waals surface area (Å²) in [4.78, 5) is 24.3. The fraction of sp³-hybridized carbons (Fsp3) is 0.818. The summed E-state index contributed by atoms with van der Waals surface area (Å²) in [7, 11) is 0. The Hall–Kier alpha value is -1.00. The van der Waals surface area contributed by atoms with Gasteiger partial charge in [0, 0.05) is 11.3 Å². The lowest BCUT2D eigenvalue weighted by molar-refractivity contribution is -0.266. The lowest BCUT2D eigenvalue weighted by Gasteiger charge is -2.62. The molecule has 0 aromatic heterocycles. The summed E-state index contributed by atoms with van der Waals surface area (Å²) in [5.41, 5.74) is 0.214. The number of fused-ring (bicyclic) bond motifs is 5. The first-order valence-electron chi connectivity index (χ1n) is 10.2. The summed E-state index contributed by atoms with van der Waals surface area (Å²) in [6.45, 7) is 8.12. The lowest BCUT2D eigenvalue weighted by atomic mass is 9.44. The Labute approximate surface area is 156 Å². The van der Waals surface area contributed by atoms with Crippen molar-refractivity contribution in [2.75, 3.05) is 0 Å². The van der Waals surface area contributed by atoms with Crippen LogP contribution in [-0.2, 0) is 9.59 Å². The van der Waals surface area contributed by atoms with Crippen molar-refractivity contribution in [3.8, 4) is 0 Å². The van der Waals surface area contributed by atoms with Gasteiger partial charge in [0.1, 0.15) is 5.78 Å². The molecule has 0 radical (unpaired) electrons. The highest BCUT2D eigenvalue weighted by molar-refractivity contribution is 5.92. The van der Waals surface area contributed by atoms with E-state index in [1.54, 1.807) is 13.0 Å². The number of Topliss-reactive ketones (excluding diaryl/α,β-unsaturated/α-hetero) is 1. The van der Waals surface area contributed by atoms with Gasteiger partial charge in [-0.05, 0) is 74.2 Å². The van der Waals surface area contributed by atoms with Crippen LogP contribution in [0.4, 0.5) is 0 Å². The minimum absolute atomic E-state index is 0.0440. The van der Waals surface area contributed by atoms with E-state index in [1.807, 2.05) is 6.92 Å². The topological polar surface area (TPSA) is 74.6 Å². The first kappa shape index (κ1) is 18.4. The molecule has 3 fully saturated rings. The van der Waals surface area contributed by atoms with Crippen molar-refractivity contribution < 1.29 is 19.8 Å². The molecule has 0 aromatic carbocycles. The van der Waals surface area contributed by atoms with Crippen molar-refractivity contribution in [3.63, 3.8) is 0 Å². The maximum Gasteiger partial charge on any atom is 0.179 e. The molecule has 4 rings (SSSR count). The van der Waals surface area contributed by atoms with Crippen molar-refractivity contribution >= 4 is 11.6 Å². The van der Waals surface area contributed by atoms with Crippen LogP contribution < -0.4 is 0 Å². The van der Waals surface area contributed by atoms with E-state index in [0.717, 1.165) is 37.7 Å². The summed E-state index contributed by atoms with van der Waals surface area (Å²) >= 11 is 0. The Kier molecular flexibility index (Phi) is 3.89. The number of hydrogen-bond acceptors (Lipinski definition) is 4. The predicted octanol–water partition coefficient (Wildman–Crippen LogP) is 3.26. The fourth-order valence-corrected chi connectivity index (χ4v) is 7.73. The van der Waals surface area contributed by atoms with E-state index < -0.39 is 11.2 Å². The van der Waals surface area contributed by atoms with Crippen molar-refractivity contribution in [3.05, 3.63) is 11.6 Å². The van der Waals surface area contributed by atoms with E-state index in [0.29, 0.717) is 17.6 Å². The van der Waals surface area contributed by atoms with E-state index >= 15 is 0 Å². The maximum atomic E-state index is 12.2. The van der Waals surface area contributed by atoms with Crippen molar-refractivity contribution in [1.82, 2.24) is 0 Å². The van der Waals surface area contributed by atoms with Crippen LogP contribution in [0.1, 0.15) is 66.2 Å². The van der Waals surface area contributed by atoms with Gasteiger partial charge < -0.3 is 10.2 Å². The largest absolute Gasteiger partial charge is 0.365 e. The predicted molar refractivity (Wildman–Crippen MR) is 98.0 cm³/mol. The second-order valence-corrected chi connectivity index (χ2v) is 10.1. The summed E-state index contributed by atoms with van der Waals surface area (Å²) in [6.07, 6.45) is 6.37. The molecule has 0 heterocycles. The van der Waals surface area contributed by atoms with Gasteiger partial charge in [0.25, 0.3) is 0 Å². The molecule has 3 saturated carbocycles. The van der Waals surface area contributed by atoms with E-state index in [1.165, 1.54) is 0 Å². The summed E-state index contributed by atoms with van der Waals surface area (Å²) < 4.78 is 0. The van der Waals surface area contributed by atoms with Crippen molar-refractivity contribution in [2.24, 2.45) is 40.4 Å². The third-order valence-corrected chi connectivity index (χ3v) is 8.99. The molecule has 0 aromatic rings. The van der Waals surface area contributed by atoms with Crippen LogP contribution in [0.15, 0.2) is 11.6 Å². The summed E-state index contributed by atoms with van der Waals surface area (Å²) in [6, 6.07) is 0. The Morgan fingerprint density at radius 3 is 2.50 bits per heavy atom. The highest BCUT2D eigenvalue weighted by Gasteiger charge is 2.66. The molecule has 0 saturated heterocycles. The molecule has 0 unspecified atom stereocenters. The van der Waals surface area contributed by atoms with Crippen LogP contribution in [0.25, 0.3) is 0 Å². The van der Waals surface area contributed by atoms with Gasteiger partial charge >= 0.3 is 0 Å². The summed E-state index contributed by atoms with van der Waals surface area (Å²) in [5.74, 6) is -0.504. The van der Waals surface area contributed by atoms with Gasteiger partial charge in [0.2, 0.25) is 0 Å². The maximum absolute atomic E-state index is 12.2. The van der Waals surface area contributed by atoms with Gasteiger partial charge in [-0.25, -0.2) is 0 Å². The highest BCUT2D eigenvalue weighted by atomic mass is 16.5. The normalized spacial score (nSPS) is 49.7. The molecule has 26 heavy (non-hydrogen) atoms. The minimum atomic E-state index is -1.97. The number of carbonyl (C=O) groups is 2. The van der Waals surface area contributed by atoms with Gasteiger partial charge in [-0.3, -0.25) is 9.59 Å². The SMILES string of the molecule is CC(=O)[C@H]1CC[C@H]2[C@@H]3C[C@H](C)C4=CC(=O)CC(O)(O)[C@]4(C)[C@H]3CC[C@]12C. The fourth-order valence-electron chi connectivity index (χ4n) is 7.73. The van der Waals surface area contributed by atoms with E-state index in [2.05, 4.69) is 13.8 Å². The second-order valence-electron chi connectivity index (χ2n) is 10.1. The van der Waals surface area contributed by atoms with Crippen molar-refractivity contribution in [1.29, 1.82) is 0 Å². The molecule has 4 nitrogen and oxygen atoms in total. The van der Waals surface area contributed by atoms with Gasteiger partial charge in [-0.2, -0.15) is 0 Å². The van der Waals surface area contributed by atoms with Crippen LogP contribution in [-0.4, -0.2) is 27.6 Å². The quantitative estimate of drug-likeness (QED) is 0.704. The molecule has 0 spiro atoms. The molecule has 0 amide bonds. The van der Waals surface area contributed by atoms with E-state index in [9.17, 15) is 19.8 Å². The van der Waals surface area contributed by atoms with Crippen molar-refractivity contribution in [2.45, 2.75) is 72.0 Å². The molecular formula is C22H32O4. The van der Waals surface area contributed by atoms with Crippen LogP contribution in [0, 0.1) is 40.4 Å². The van der Waals surface area contributed by atoms with E-state index in [-0.39, 0.29) is 35.4 Å². The van der Waals surface area contributed by atoms with Crippen LogP contribution in [0.3, 0.4) is 0 Å². The Morgan fingerprint density at radius 1 is 1.15 bits per heavy atom. The highest BCUT2D eigenvalue weighted by Crippen LogP contribution is 2.68. The van der Waals surface area contributed by atoms with Gasteiger partial charge in [0.05, 0.1) is 6.42 Å². The standard InChI is InChI=1S/C22H32O4/c1-12-9-15-17-6-5-16(13(2)23)20(17,3)8-7-18(15)21(4)19(12)10-14(24)11-22(21,25)26/h10,12,15-18,25-26H,5-9,11H2,1-4H3/t12-,15-,16+,17-,18-,20+,21+/m0/s1. The molecule has 0 bridgehead atoms. The number of rotatable bonds is 1. The molecule has 4 heteroatoms. The first-order valence-corrected chi connectivity index (χ1v) is 10.2. The molecule has 144 valence electrons. The smallest absolute Gasteiger partial charge is 0.179 e. The van der Waals surface area contributed by atoms with Crippen LogP contribution >= 0.6 is 0 Å². The van der Waals surface area contributed by atoms with E-state index in [4.69, 9.17) is 0 Å². The number of aliphatic hydroxyl groups is 2. The molecule has 7 atom stereocenters. The number of ketones is 2. The molecule has 4 aliphatic carbocycles. The lowest BCUT2D eigenvalue weighted by Crippen LogP contribution is -2.62. The first-order chi connectivity index (χ1) is 12.0. The Balaban J connectivity index is 1.77. The molecule has 0 aliphatic heterocycles. The van der Waals surface area contributed by atoms with Gasteiger partial charge in [-0.1, -0.05) is 26.3 Å². The minimum Gasteiger partial charge on any atom is -0.365 e. The van der Waals surface area contributed by atoms with Crippen LogP contribution in [0.2, 0.25) is 0 Å². The van der Waals surface area contributed by atoms with Crippen LogP contribution in [0.5, 0.6) is 0 Å². The average molecular weight is 360 g/mol. The molecule has 4 aliphatic rings. The molecular weight excluding hydrogens is 328 g/mol. The zero-order valence-electron chi connectivity index (χ0n) is 16.4. The Morgan fingerprint density at radius 2 is 1.85 bits per heavy atom. The Bertz CT molecular complexity index is 692. The zero-order valence-corrected chi connectivity index (χ0v) is 16.4. The summed E-state index contributed by atoms with van der Waals surface area (Å²) in [5, 5.41) is 21.9. The monoisotopic (exact) mass is 360 g/mol. The van der Waals surface area contributed by atoms with Gasteiger partial charge in [0.15, 0.2) is 11.6 Å².